The van der Waals surface area contributed by atoms with Crippen LogP contribution >= 0.6 is 0 Å². The number of rotatable bonds is 6. The Bertz CT molecular complexity index is 612. The summed E-state index contributed by atoms with van der Waals surface area (Å²) >= 11 is 0. The van der Waals surface area contributed by atoms with Gasteiger partial charge in [0.2, 0.25) is 0 Å². The van der Waals surface area contributed by atoms with Gasteiger partial charge in [0.15, 0.2) is 5.84 Å². The van der Waals surface area contributed by atoms with E-state index in [1.165, 1.54) is 0 Å². The lowest BCUT2D eigenvalue weighted by atomic mass is 10.1. The van der Waals surface area contributed by atoms with Gasteiger partial charge in [0, 0.05) is 11.1 Å². The van der Waals surface area contributed by atoms with Crippen molar-refractivity contribution < 1.29 is 14.7 Å². The molecule has 2 rings (SSSR count). The first-order valence-electron chi connectivity index (χ1n) is 6.51. The van der Waals surface area contributed by atoms with Crippen LogP contribution in [0.1, 0.15) is 16.7 Å². The molecule has 0 amide bonds. The lowest BCUT2D eigenvalue weighted by molar-refractivity contribution is 0.105. The van der Waals surface area contributed by atoms with Crippen LogP contribution in [0, 0.1) is 0 Å². The van der Waals surface area contributed by atoms with Gasteiger partial charge in [-0.1, -0.05) is 35.5 Å². The SMILES string of the molecule is COc1ccc(/C(N)=N/O)cc1COCc1ccccc1. The average Bonchev–Trinajstić information content (AvgIpc) is 2.55. The monoisotopic (exact) mass is 286 g/mol. The van der Waals surface area contributed by atoms with Crippen LogP contribution in [0.15, 0.2) is 53.7 Å². The summed E-state index contributed by atoms with van der Waals surface area (Å²) in [6.07, 6.45) is 0. The molecule has 110 valence electrons. The van der Waals surface area contributed by atoms with Crippen LogP contribution < -0.4 is 10.5 Å². The molecule has 3 N–H and O–H groups in total. The van der Waals surface area contributed by atoms with E-state index in [4.69, 9.17) is 20.4 Å². The van der Waals surface area contributed by atoms with E-state index in [0.29, 0.717) is 24.5 Å². The zero-order valence-corrected chi connectivity index (χ0v) is 11.8. The van der Waals surface area contributed by atoms with Crippen LogP contribution in [0.5, 0.6) is 5.75 Å². The molecule has 0 bridgehead atoms. The molecular weight excluding hydrogens is 268 g/mol. The summed E-state index contributed by atoms with van der Waals surface area (Å²) in [5, 5.41) is 11.7. The van der Waals surface area contributed by atoms with E-state index in [1.54, 1.807) is 25.3 Å². The summed E-state index contributed by atoms with van der Waals surface area (Å²) in [6, 6.07) is 15.2. The van der Waals surface area contributed by atoms with Gasteiger partial charge in [-0.2, -0.15) is 0 Å². The van der Waals surface area contributed by atoms with E-state index < -0.39 is 0 Å². The molecule has 0 spiro atoms. The third kappa shape index (κ3) is 3.97. The van der Waals surface area contributed by atoms with Gasteiger partial charge in [0.25, 0.3) is 0 Å². The molecule has 2 aromatic carbocycles. The Morgan fingerprint density at radius 2 is 1.90 bits per heavy atom. The fourth-order valence-corrected chi connectivity index (χ4v) is 1.96. The van der Waals surface area contributed by atoms with E-state index in [-0.39, 0.29) is 5.84 Å². The smallest absolute Gasteiger partial charge is 0.170 e. The molecule has 0 heterocycles. The molecule has 0 aliphatic rings. The predicted molar refractivity (Wildman–Crippen MR) is 80.4 cm³/mol. The second-order valence-corrected chi connectivity index (χ2v) is 4.49. The maximum absolute atomic E-state index is 8.73. The number of amidine groups is 1. The molecule has 0 aromatic heterocycles. The highest BCUT2D eigenvalue weighted by Gasteiger charge is 2.07. The van der Waals surface area contributed by atoms with Crippen LogP contribution in [-0.4, -0.2) is 18.2 Å². The number of benzene rings is 2. The maximum atomic E-state index is 8.73. The minimum Gasteiger partial charge on any atom is -0.496 e. The molecule has 21 heavy (non-hydrogen) atoms. The highest BCUT2D eigenvalue weighted by molar-refractivity contribution is 5.97. The van der Waals surface area contributed by atoms with Crippen LogP contribution in [0.3, 0.4) is 0 Å². The Balaban J connectivity index is 2.07. The first-order valence-corrected chi connectivity index (χ1v) is 6.51. The molecule has 0 radical (unpaired) electrons. The number of methoxy groups -OCH3 is 1. The Labute approximate surface area is 123 Å². The van der Waals surface area contributed by atoms with E-state index >= 15 is 0 Å². The molecule has 2 aromatic rings. The van der Waals surface area contributed by atoms with Crippen LogP contribution in [-0.2, 0) is 18.0 Å². The molecular formula is C16H18N2O3. The van der Waals surface area contributed by atoms with Crippen LogP contribution in [0.25, 0.3) is 0 Å². The highest BCUT2D eigenvalue weighted by Crippen LogP contribution is 2.21. The lowest BCUT2D eigenvalue weighted by Crippen LogP contribution is -2.13. The quantitative estimate of drug-likeness (QED) is 0.370. The number of ether oxygens (including phenoxy) is 2. The predicted octanol–water partition coefficient (Wildman–Crippen LogP) is 2.51. The van der Waals surface area contributed by atoms with Crippen molar-refractivity contribution in [1.29, 1.82) is 0 Å². The van der Waals surface area contributed by atoms with Gasteiger partial charge in [0.1, 0.15) is 5.75 Å². The fourth-order valence-electron chi connectivity index (χ4n) is 1.96. The van der Waals surface area contributed by atoms with Crippen molar-refractivity contribution in [3.05, 3.63) is 65.2 Å². The van der Waals surface area contributed by atoms with Gasteiger partial charge < -0.3 is 20.4 Å². The molecule has 0 fully saturated rings. The van der Waals surface area contributed by atoms with Crippen molar-refractivity contribution >= 4 is 5.84 Å². The zero-order chi connectivity index (χ0) is 15.1. The lowest BCUT2D eigenvalue weighted by Gasteiger charge is -2.11. The first-order chi connectivity index (χ1) is 10.2. The van der Waals surface area contributed by atoms with Crippen LogP contribution in [0.2, 0.25) is 0 Å². The van der Waals surface area contributed by atoms with Crippen LogP contribution in [0.4, 0.5) is 0 Å². The standard InChI is InChI=1S/C16H18N2O3/c1-20-15-8-7-13(16(17)18-19)9-14(15)11-21-10-12-5-3-2-4-6-12/h2-9,19H,10-11H2,1H3,(H2,17,18). The van der Waals surface area contributed by atoms with Crippen molar-refractivity contribution in [2.45, 2.75) is 13.2 Å². The summed E-state index contributed by atoms with van der Waals surface area (Å²) in [4.78, 5) is 0. The third-order valence-corrected chi connectivity index (χ3v) is 3.05. The number of nitrogens with two attached hydrogens (primary N) is 1. The van der Waals surface area contributed by atoms with Crippen molar-refractivity contribution in [3.8, 4) is 5.75 Å². The van der Waals surface area contributed by atoms with E-state index in [9.17, 15) is 0 Å². The molecule has 0 aliphatic heterocycles. The summed E-state index contributed by atoms with van der Waals surface area (Å²) < 4.78 is 11.0. The Hall–Kier alpha value is -2.53. The van der Waals surface area contributed by atoms with Gasteiger partial charge in [-0.05, 0) is 23.8 Å². The van der Waals surface area contributed by atoms with E-state index in [1.807, 2.05) is 30.3 Å². The summed E-state index contributed by atoms with van der Waals surface area (Å²) in [5.41, 5.74) is 8.16. The minimum absolute atomic E-state index is 0.0574. The number of oxime groups is 1. The van der Waals surface area contributed by atoms with Crippen molar-refractivity contribution in [2.24, 2.45) is 10.9 Å². The van der Waals surface area contributed by atoms with Crippen molar-refractivity contribution in [1.82, 2.24) is 0 Å². The molecule has 0 atom stereocenters. The zero-order valence-electron chi connectivity index (χ0n) is 11.8. The number of hydrogen-bond donors (Lipinski definition) is 2. The van der Waals surface area contributed by atoms with Gasteiger partial charge in [-0.25, -0.2) is 0 Å². The van der Waals surface area contributed by atoms with Crippen molar-refractivity contribution in [3.63, 3.8) is 0 Å². The van der Waals surface area contributed by atoms with Gasteiger partial charge in [0.05, 0.1) is 20.3 Å². The van der Waals surface area contributed by atoms with E-state index in [2.05, 4.69) is 5.16 Å². The number of hydrogen-bond acceptors (Lipinski definition) is 4. The molecule has 0 saturated heterocycles. The largest absolute Gasteiger partial charge is 0.496 e. The summed E-state index contributed by atoms with van der Waals surface area (Å²) in [6.45, 7) is 0.891. The van der Waals surface area contributed by atoms with Gasteiger partial charge in [-0.15, -0.1) is 0 Å². The molecule has 0 aliphatic carbocycles. The maximum Gasteiger partial charge on any atom is 0.170 e. The molecule has 5 heteroatoms. The Morgan fingerprint density at radius 1 is 1.14 bits per heavy atom. The molecule has 0 unspecified atom stereocenters. The summed E-state index contributed by atoms with van der Waals surface area (Å²) in [5.74, 6) is 0.763. The number of nitrogens with zero attached hydrogens (tertiary/aromatic N) is 1. The summed E-state index contributed by atoms with van der Waals surface area (Å²) in [7, 11) is 1.60. The molecule has 5 nitrogen and oxygen atoms in total. The second kappa shape index (κ2) is 7.31. The Morgan fingerprint density at radius 3 is 2.57 bits per heavy atom. The second-order valence-electron chi connectivity index (χ2n) is 4.49. The topological polar surface area (TPSA) is 77.1 Å². The normalized spacial score (nSPS) is 11.4. The van der Waals surface area contributed by atoms with E-state index in [0.717, 1.165) is 11.1 Å². The van der Waals surface area contributed by atoms with Gasteiger partial charge >= 0.3 is 0 Å². The minimum atomic E-state index is 0.0574. The average molecular weight is 286 g/mol. The fraction of sp³-hybridized carbons (Fsp3) is 0.188. The van der Waals surface area contributed by atoms with Gasteiger partial charge in [-0.3, -0.25) is 0 Å². The van der Waals surface area contributed by atoms with Crippen molar-refractivity contribution in [2.75, 3.05) is 7.11 Å². The third-order valence-electron chi connectivity index (χ3n) is 3.05. The Kier molecular flexibility index (Phi) is 5.17. The molecule has 0 saturated carbocycles. The highest BCUT2D eigenvalue weighted by atomic mass is 16.5. The first kappa shape index (κ1) is 14.9.